The van der Waals surface area contributed by atoms with Gasteiger partial charge in [-0.1, -0.05) is 30.3 Å². The van der Waals surface area contributed by atoms with Gasteiger partial charge in [-0.2, -0.15) is 15.0 Å². The van der Waals surface area contributed by atoms with Gasteiger partial charge in [-0.3, -0.25) is 0 Å². The first-order valence-electron chi connectivity index (χ1n) is 6.76. The SMILES string of the molecule is CCOc1nc(NC)nc(NCC(O)c2ccccc2)n1. The van der Waals surface area contributed by atoms with Gasteiger partial charge < -0.3 is 20.5 Å². The van der Waals surface area contributed by atoms with E-state index in [-0.39, 0.29) is 6.01 Å². The van der Waals surface area contributed by atoms with Crippen molar-refractivity contribution in [2.45, 2.75) is 13.0 Å². The van der Waals surface area contributed by atoms with Crippen molar-refractivity contribution in [3.8, 4) is 6.01 Å². The number of aliphatic hydroxyl groups excluding tert-OH is 1. The predicted molar refractivity (Wildman–Crippen MR) is 80.4 cm³/mol. The lowest BCUT2D eigenvalue weighted by atomic mass is 10.1. The summed E-state index contributed by atoms with van der Waals surface area (Å²) in [6.45, 7) is 2.62. The molecule has 0 fully saturated rings. The van der Waals surface area contributed by atoms with Gasteiger partial charge in [0.05, 0.1) is 12.7 Å². The third-order valence-corrected chi connectivity index (χ3v) is 2.75. The molecule has 1 aromatic carbocycles. The Kier molecular flexibility index (Phi) is 5.28. The average Bonchev–Trinajstić information content (AvgIpc) is 2.53. The van der Waals surface area contributed by atoms with E-state index < -0.39 is 6.10 Å². The molecule has 1 aromatic heterocycles. The first-order chi connectivity index (χ1) is 10.2. The second kappa shape index (κ2) is 7.39. The predicted octanol–water partition coefficient (Wildman–Crippen LogP) is 1.46. The number of nitrogens with zero attached hydrogens (tertiary/aromatic N) is 3. The van der Waals surface area contributed by atoms with Crippen LogP contribution in [0.4, 0.5) is 11.9 Å². The Balaban J connectivity index is 2.03. The van der Waals surface area contributed by atoms with Gasteiger partial charge in [-0.15, -0.1) is 0 Å². The number of anilines is 2. The maximum atomic E-state index is 10.1. The fourth-order valence-corrected chi connectivity index (χ4v) is 1.72. The van der Waals surface area contributed by atoms with Gasteiger partial charge in [-0.05, 0) is 12.5 Å². The molecule has 1 unspecified atom stereocenters. The highest BCUT2D eigenvalue weighted by Gasteiger charge is 2.10. The summed E-state index contributed by atoms with van der Waals surface area (Å²) in [6, 6.07) is 9.65. The molecule has 21 heavy (non-hydrogen) atoms. The summed E-state index contributed by atoms with van der Waals surface area (Å²) < 4.78 is 5.28. The number of hydrogen-bond donors (Lipinski definition) is 3. The van der Waals surface area contributed by atoms with Crippen LogP contribution in [0.3, 0.4) is 0 Å². The van der Waals surface area contributed by atoms with Crippen molar-refractivity contribution in [3.05, 3.63) is 35.9 Å². The Labute approximate surface area is 123 Å². The summed E-state index contributed by atoms with van der Waals surface area (Å²) in [6.07, 6.45) is -0.642. The molecular weight excluding hydrogens is 270 g/mol. The maximum Gasteiger partial charge on any atom is 0.323 e. The molecular formula is C14H19N5O2. The van der Waals surface area contributed by atoms with E-state index in [0.717, 1.165) is 5.56 Å². The molecule has 0 aliphatic heterocycles. The quantitative estimate of drug-likeness (QED) is 0.710. The van der Waals surface area contributed by atoms with Crippen LogP contribution in [0.1, 0.15) is 18.6 Å². The van der Waals surface area contributed by atoms with Gasteiger partial charge in [-0.25, -0.2) is 0 Å². The molecule has 2 rings (SSSR count). The molecule has 1 heterocycles. The van der Waals surface area contributed by atoms with E-state index in [1.807, 2.05) is 37.3 Å². The van der Waals surface area contributed by atoms with Crippen molar-refractivity contribution >= 4 is 11.9 Å². The fraction of sp³-hybridized carbons (Fsp3) is 0.357. The lowest BCUT2D eigenvalue weighted by molar-refractivity contribution is 0.191. The second-order valence-electron chi connectivity index (χ2n) is 4.26. The molecule has 0 bridgehead atoms. The Morgan fingerprint density at radius 1 is 1.14 bits per heavy atom. The van der Waals surface area contributed by atoms with E-state index in [0.29, 0.717) is 25.0 Å². The molecule has 0 amide bonds. The number of ether oxygens (including phenoxy) is 1. The third kappa shape index (κ3) is 4.28. The molecule has 112 valence electrons. The van der Waals surface area contributed by atoms with Crippen molar-refractivity contribution in [2.75, 3.05) is 30.8 Å². The first-order valence-corrected chi connectivity index (χ1v) is 6.76. The van der Waals surface area contributed by atoms with Gasteiger partial charge in [0, 0.05) is 13.6 Å². The van der Waals surface area contributed by atoms with Crippen LogP contribution in [0.25, 0.3) is 0 Å². The van der Waals surface area contributed by atoms with Crippen molar-refractivity contribution in [1.82, 2.24) is 15.0 Å². The first kappa shape index (κ1) is 15.0. The number of aromatic nitrogens is 3. The average molecular weight is 289 g/mol. The number of rotatable bonds is 7. The number of nitrogens with one attached hydrogen (secondary N) is 2. The maximum absolute atomic E-state index is 10.1. The smallest absolute Gasteiger partial charge is 0.323 e. The number of hydrogen-bond acceptors (Lipinski definition) is 7. The van der Waals surface area contributed by atoms with Gasteiger partial charge in [0.2, 0.25) is 11.9 Å². The molecule has 0 spiro atoms. The lowest BCUT2D eigenvalue weighted by Gasteiger charge is -2.13. The van der Waals surface area contributed by atoms with E-state index in [4.69, 9.17) is 4.74 Å². The van der Waals surface area contributed by atoms with Crippen molar-refractivity contribution in [1.29, 1.82) is 0 Å². The molecule has 7 heteroatoms. The zero-order valence-electron chi connectivity index (χ0n) is 12.1. The minimum Gasteiger partial charge on any atom is -0.464 e. The van der Waals surface area contributed by atoms with Gasteiger partial charge in [0.15, 0.2) is 0 Å². The van der Waals surface area contributed by atoms with Gasteiger partial charge in [0.1, 0.15) is 0 Å². The number of benzene rings is 1. The van der Waals surface area contributed by atoms with Crippen LogP contribution in [0.2, 0.25) is 0 Å². The third-order valence-electron chi connectivity index (χ3n) is 2.75. The molecule has 2 aromatic rings. The van der Waals surface area contributed by atoms with Crippen LogP contribution in [0.5, 0.6) is 6.01 Å². The van der Waals surface area contributed by atoms with E-state index in [1.54, 1.807) is 7.05 Å². The van der Waals surface area contributed by atoms with E-state index >= 15 is 0 Å². The fourth-order valence-electron chi connectivity index (χ4n) is 1.72. The van der Waals surface area contributed by atoms with Crippen molar-refractivity contribution < 1.29 is 9.84 Å². The monoisotopic (exact) mass is 289 g/mol. The molecule has 0 aliphatic rings. The molecule has 0 radical (unpaired) electrons. The van der Waals surface area contributed by atoms with Crippen molar-refractivity contribution in [3.63, 3.8) is 0 Å². The molecule has 1 atom stereocenters. The Morgan fingerprint density at radius 2 is 1.86 bits per heavy atom. The van der Waals surface area contributed by atoms with Crippen LogP contribution >= 0.6 is 0 Å². The zero-order chi connectivity index (χ0) is 15.1. The van der Waals surface area contributed by atoms with Gasteiger partial charge >= 0.3 is 6.01 Å². The lowest BCUT2D eigenvalue weighted by Crippen LogP contribution is -2.15. The Hall–Kier alpha value is -2.41. The van der Waals surface area contributed by atoms with Crippen LogP contribution in [-0.2, 0) is 0 Å². The number of aliphatic hydroxyl groups is 1. The van der Waals surface area contributed by atoms with Crippen LogP contribution < -0.4 is 15.4 Å². The summed E-state index contributed by atoms with van der Waals surface area (Å²) in [5.41, 5.74) is 0.831. The molecule has 0 aliphatic carbocycles. The largest absolute Gasteiger partial charge is 0.464 e. The van der Waals surface area contributed by atoms with Crippen LogP contribution in [0.15, 0.2) is 30.3 Å². The van der Waals surface area contributed by atoms with E-state index in [1.165, 1.54) is 0 Å². The molecule has 7 nitrogen and oxygen atoms in total. The minimum absolute atomic E-state index is 0.244. The zero-order valence-corrected chi connectivity index (χ0v) is 12.1. The Morgan fingerprint density at radius 3 is 2.52 bits per heavy atom. The van der Waals surface area contributed by atoms with Gasteiger partial charge in [0.25, 0.3) is 0 Å². The minimum atomic E-state index is -0.642. The highest BCUT2D eigenvalue weighted by atomic mass is 16.5. The summed E-state index contributed by atoms with van der Waals surface area (Å²) in [7, 11) is 1.72. The standard InChI is InChI=1S/C14H19N5O2/c1-3-21-14-18-12(15-2)17-13(19-14)16-9-11(20)10-7-5-4-6-8-10/h4-8,11,20H,3,9H2,1-2H3,(H2,15,16,17,18,19). The summed E-state index contributed by atoms with van der Waals surface area (Å²) in [5.74, 6) is 0.762. The molecule has 0 saturated heterocycles. The van der Waals surface area contributed by atoms with E-state index in [2.05, 4.69) is 25.6 Å². The second-order valence-corrected chi connectivity index (χ2v) is 4.26. The molecule has 0 saturated carbocycles. The van der Waals surface area contributed by atoms with Crippen LogP contribution in [-0.4, -0.2) is 40.3 Å². The summed E-state index contributed by atoms with van der Waals surface area (Å²) >= 11 is 0. The van der Waals surface area contributed by atoms with Crippen molar-refractivity contribution in [2.24, 2.45) is 0 Å². The van der Waals surface area contributed by atoms with E-state index in [9.17, 15) is 5.11 Å². The highest BCUT2D eigenvalue weighted by molar-refractivity contribution is 5.35. The molecule has 3 N–H and O–H groups in total. The highest BCUT2D eigenvalue weighted by Crippen LogP contribution is 2.14. The Bertz CT molecular complexity index is 565. The van der Waals surface area contributed by atoms with Crippen LogP contribution in [0, 0.1) is 0 Å². The summed E-state index contributed by atoms with van der Waals surface area (Å²) in [4.78, 5) is 12.4. The topological polar surface area (TPSA) is 92.2 Å². The normalized spacial score (nSPS) is 11.8. The summed E-state index contributed by atoms with van der Waals surface area (Å²) in [5, 5.41) is 15.9.